The highest BCUT2D eigenvalue weighted by atomic mass is 16.3. The molecule has 0 heterocycles. The van der Waals surface area contributed by atoms with E-state index in [1.807, 2.05) is 6.08 Å². The number of allylic oxidation sites excluding steroid dienone is 1. The fourth-order valence-electron chi connectivity index (χ4n) is 9.04. The van der Waals surface area contributed by atoms with Crippen LogP contribution in [0.15, 0.2) is 11.6 Å². The molecule has 2 heteroatoms. The van der Waals surface area contributed by atoms with Crippen LogP contribution >= 0.6 is 0 Å². The summed E-state index contributed by atoms with van der Waals surface area (Å²) in [4.78, 5) is 13.5. The van der Waals surface area contributed by atoms with Gasteiger partial charge in [0.1, 0.15) is 0 Å². The van der Waals surface area contributed by atoms with Crippen LogP contribution in [0.25, 0.3) is 0 Å². The molecular formula is C29H48O2. The molecule has 1 N–H and O–H groups in total. The van der Waals surface area contributed by atoms with E-state index in [1.54, 1.807) is 0 Å². The Labute approximate surface area is 191 Å². The van der Waals surface area contributed by atoms with Crippen molar-refractivity contribution in [2.75, 3.05) is 0 Å². The van der Waals surface area contributed by atoms with E-state index in [0.717, 1.165) is 42.9 Å². The molecule has 0 saturated heterocycles. The molecule has 0 amide bonds. The Morgan fingerprint density at radius 2 is 1.77 bits per heavy atom. The Balaban J connectivity index is 1.52. The lowest BCUT2D eigenvalue weighted by molar-refractivity contribution is -0.135. The minimum atomic E-state index is -0.243. The van der Waals surface area contributed by atoms with Crippen molar-refractivity contribution in [3.8, 4) is 0 Å². The number of hydrogen-bond donors (Lipinski definition) is 1. The van der Waals surface area contributed by atoms with Gasteiger partial charge in [-0.2, -0.15) is 0 Å². The predicted octanol–water partition coefficient (Wildman–Crippen LogP) is 7.20. The minimum absolute atomic E-state index is 0.147. The number of hydrogen-bond acceptors (Lipinski definition) is 2. The van der Waals surface area contributed by atoms with Crippen LogP contribution < -0.4 is 0 Å². The normalized spacial score (nSPS) is 44.3. The molecule has 31 heavy (non-hydrogen) atoms. The highest BCUT2D eigenvalue weighted by molar-refractivity contribution is 5.94. The first-order valence-corrected chi connectivity index (χ1v) is 13.5. The molecule has 4 aliphatic rings. The summed E-state index contributed by atoms with van der Waals surface area (Å²) in [6, 6.07) is 0. The van der Waals surface area contributed by atoms with Gasteiger partial charge in [-0.3, -0.25) is 4.79 Å². The van der Waals surface area contributed by atoms with Crippen LogP contribution in [0.4, 0.5) is 0 Å². The summed E-state index contributed by atoms with van der Waals surface area (Å²) >= 11 is 0. The molecular weight excluding hydrogens is 380 g/mol. The summed E-state index contributed by atoms with van der Waals surface area (Å²) in [5.41, 5.74) is 1.75. The summed E-state index contributed by atoms with van der Waals surface area (Å²) in [5.74, 6) is 4.90. The average molecular weight is 429 g/mol. The second-order valence-electron chi connectivity index (χ2n) is 12.8. The third-order valence-corrected chi connectivity index (χ3v) is 11.1. The third-order valence-electron chi connectivity index (χ3n) is 11.1. The molecule has 0 aliphatic heterocycles. The second kappa shape index (κ2) is 8.62. The van der Waals surface area contributed by atoms with Gasteiger partial charge in [-0.05, 0) is 104 Å². The molecule has 4 aliphatic carbocycles. The first-order valence-electron chi connectivity index (χ1n) is 13.5. The summed E-state index contributed by atoms with van der Waals surface area (Å²) in [6.07, 6.45) is 13.5. The maximum absolute atomic E-state index is 13.5. The van der Waals surface area contributed by atoms with Crippen LogP contribution in [0.2, 0.25) is 0 Å². The number of carbonyl (C=O) groups is 1. The van der Waals surface area contributed by atoms with Gasteiger partial charge in [0.2, 0.25) is 0 Å². The van der Waals surface area contributed by atoms with Crippen molar-refractivity contribution in [1.82, 2.24) is 0 Å². The van der Waals surface area contributed by atoms with Crippen molar-refractivity contribution in [3.05, 3.63) is 11.6 Å². The molecule has 176 valence electrons. The first kappa shape index (κ1) is 23.5. The fourth-order valence-corrected chi connectivity index (χ4v) is 9.04. The summed E-state index contributed by atoms with van der Waals surface area (Å²) in [6.45, 7) is 14.6. The molecule has 0 bridgehead atoms. The number of ketones is 1. The number of carbonyl (C=O) groups excluding carboxylic acids is 1. The van der Waals surface area contributed by atoms with E-state index in [0.29, 0.717) is 23.0 Å². The molecule has 0 unspecified atom stereocenters. The second-order valence-corrected chi connectivity index (χ2v) is 12.8. The maximum atomic E-state index is 13.5. The van der Waals surface area contributed by atoms with E-state index < -0.39 is 0 Å². The Morgan fingerprint density at radius 1 is 1.03 bits per heavy atom. The fraction of sp³-hybridized carbons (Fsp3) is 0.897. The van der Waals surface area contributed by atoms with E-state index >= 15 is 0 Å². The molecule has 2 nitrogen and oxygen atoms in total. The Morgan fingerprint density at radius 3 is 2.45 bits per heavy atom. The zero-order valence-electron chi connectivity index (χ0n) is 21.1. The Hall–Kier alpha value is -0.630. The van der Waals surface area contributed by atoms with Crippen molar-refractivity contribution in [3.63, 3.8) is 0 Å². The highest BCUT2D eigenvalue weighted by Gasteiger charge is 2.61. The lowest BCUT2D eigenvalue weighted by Gasteiger charge is -2.57. The van der Waals surface area contributed by atoms with E-state index in [1.165, 1.54) is 50.5 Å². The van der Waals surface area contributed by atoms with Crippen LogP contribution in [-0.4, -0.2) is 17.0 Å². The van der Waals surface area contributed by atoms with Gasteiger partial charge in [-0.25, -0.2) is 0 Å². The van der Waals surface area contributed by atoms with Gasteiger partial charge in [0, 0.05) is 5.92 Å². The molecule has 4 rings (SSSR count). The zero-order valence-corrected chi connectivity index (χ0v) is 21.1. The SMILES string of the molecule is CC[C@@H](CC[C@@H](C)[C@H]1CC[C@@H]2[C@@H]3C(=O)C=C4C[C@@H](O)CC[C@]4(C)[C@H]3CC[C@@]21C)C(C)C. The van der Waals surface area contributed by atoms with E-state index in [-0.39, 0.29) is 17.4 Å². The smallest absolute Gasteiger partial charge is 0.159 e. The van der Waals surface area contributed by atoms with Crippen LogP contribution in [0.5, 0.6) is 0 Å². The molecule has 9 atom stereocenters. The van der Waals surface area contributed by atoms with Crippen LogP contribution in [0, 0.1) is 52.3 Å². The van der Waals surface area contributed by atoms with Crippen molar-refractivity contribution < 1.29 is 9.90 Å². The molecule has 3 fully saturated rings. The van der Waals surface area contributed by atoms with E-state index in [9.17, 15) is 9.90 Å². The molecule has 0 aromatic rings. The first-order chi connectivity index (χ1) is 14.6. The van der Waals surface area contributed by atoms with Crippen molar-refractivity contribution in [1.29, 1.82) is 0 Å². The van der Waals surface area contributed by atoms with Crippen molar-refractivity contribution in [2.24, 2.45) is 52.3 Å². The Kier molecular flexibility index (Phi) is 6.54. The van der Waals surface area contributed by atoms with Crippen molar-refractivity contribution in [2.45, 2.75) is 112 Å². The number of aliphatic hydroxyl groups is 1. The number of aliphatic hydroxyl groups excluding tert-OH is 1. The van der Waals surface area contributed by atoms with E-state index in [2.05, 4.69) is 41.5 Å². The minimum Gasteiger partial charge on any atom is -0.393 e. The molecule has 0 aromatic heterocycles. The van der Waals surface area contributed by atoms with Crippen LogP contribution in [0.3, 0.4) is 0 Å². The van der Waals surface area contributed by atoms with Gasteiger partial charge in [0.15, 0.2) is 5.78 Å². The van der Waals surface area contributed by atoms with E-state index in [4.69, 9.17) is 0 Å². The quantitative estimate of drug-likeness (QED) is 0.485. The highest BCUT2D eigenvalue weighted by Crippen LogP contribution is 2.66. The number of rotatable bonds is 6. The lowest BCUT2D eigenvalue weighted by atomic mass is 9.46. The topological polar surface area (TPSA) is 37.3 Å². The molecule has 0 aromatic carbocycles. The summed E-state index contributed by atoms with van der Waals surface area (Å²) < 4.78 is 0. The standard InChI is InChI=1S/C29H48O2/c1-7-20(18(2)3)9-8-19(4)23-10-11-24-27-25(13-15-29(23,24)6)28(5)14-12-22(30)16-21(28)17-26(27)31/h17-20,22-25,27,30H,7-16H2,1-6H3/t19-,20+,22+,23-,24-,25+,27+,28+,29-/m1/s1. The summed E-state index contributed by atoms with van der Waals surface area (Å²) in [5, 5.41) is 10.2. The largest absolute Gasteiger partial charge is 0.393 e. The zero-order chi connectivity index (χ0) is 22.6. The van der Waals surface area contributed by atoms with Gasteiger partial charge < -0.3 is 5.11 Å². The number of fused-ring (bicyclic) bond motifs is 5. The lowest BCUT2D eigenvalue weighted by Crippen LogP contribution is -2.53. The van der Waals surface area contributed by atoms with Crippen LogP contribution in [-0.2, 0) is 4.79 Å². The average Bonchev–Trinajstić information content (AvgIpc) is 3.06. The molecule has 0 radical (unpaired) electrons. The van der Waals surface area contributed by atoms with Gasteiger partial charge >= 0.3 is 0 Å². The molecule has 3 saturated carbocycles. The monoisotopic (exact) mass is 428 g/mol. The van der Waals surface area contributed by atoms with Gasteiger partial charge in [-0.1, -0.05) is 60.0 Å². The van der Waals surface area contributed by atoms with Crippen molar-refractivity contribution >= 4 is 5.78 Å². The van der Waals surface area contributed by atoms with Crippen LogP contribution in [0.1, 0.15) is 106 Å². The summed E-state index contributed by atoms with van der Waals surface area (Å²) in [7, 11) is 0. The third kappa shape index (κ3) is 3.87. The molecule has 0 spiro atoms. The van der Waals surface area contributed by atoms with Gasteiger partial charge in [0.05, 0.1) is 6.10 Å². The maximum Gasteiger partial charge on any atom is 0.159 e. The Bertz CT molecular complexity index is 708. The predicted molar refractivity (Wildman–Crippen MR) is 129 cm³/mol. The van der Waals surface area contributed by atoms with Gasteiger partial charge in [0.25, 0.3) is 0 Å². The van der Waals surface area contributed by atoms with Gasteiger partial charge in [-0.15, -0.1) is 0 Å².